The molecule has 0 unspecified atom stereocenters. The van der Waals surface area contributed by atoms with Gasteiger partial charge in [-0.2, -0.15) is 5.26 Å². The van der Waals surface area contributed by atoms with Crippen molar-refractivity contribution in [2.45, 2.75) is 6.61 Å². The minimum atomic E-state index is -0.680. The number of hydrogen-bond donors (Lipinski definition) is 0. The van der Waals surface area contributed by atoms with Crippen molar-refractivity contribution < 1.29 is 19.2 Å². The second kappa shape index (κ2) is 7.04. The van der Waals surface area contributed by atoms with Crippen LogP contribution in [0.3, 0.4) is 0 Å². The lowest BCUT2D eigenvalue weighted by Crippen LogP contribution is -2.06. The van der Waals surface area contributed by atoms with Gasteiger partial charge >= 0.3 is 11.7 Å². The first kappa shape index (κ1) is 16.0. The van der Waals surface area contributed by atoms with Crippen molar-refractivity contribution in [1.29, 1.82) is 5.26 Å². The Bertz CT molecular complexity index is 778. The highest BCUT2D eigenvalue weighted by Crippen LogP contribution is 2.27. The SMILES string of the molecule is COc1ccc(C(=O)OCc2ccc(C#N)cc2)cc1[N+](=O)[O-]. The van der Waals surface area contributed by atoms with Gasteiger partial charge in [0.15, 0.2) is 5.75 Å². The van der Waals surface area contributed by atoms with E-state index in [2.05, 4.69) is 0 Å². The Morgan fingerprint density at radius 3 is 2.52 bits per heavy atom. The number of nitriles is 1. The summed E-state index contributed by atoms with van der Waals surface area (Å²) in [6.45, 7) is 0.00433. The standard InChI is InChI=1S/C16H12N2O5/c1-22-15-7-6-13(8-14(15)18(20)21)16(19)23-10-12-4-2-11(9-17)3-5-12/h2-8H,10H2,1H3. The Hall–Kier alpha value is -3.40. The van der Waals surface area contributed by atoms with Crippen molar-refractivity contribution in [2.24, 2.45) is 0 Å². The number of carbonyl (C=O) groups excluding carboxylic acids is 1. The van der Waals surface area contributed by atoms with Crippen molar-refractivity contribution in [3.8, 4) is 11.8 Å². The summed E-state index contributed by atoms with van der Waals surface area (Å²) < 4.78 is 9.98. The average molecular weight is 312 g/mol. The summed E-state index contributed by atoms with van der Waals surface area (Å²) in [6.07, 6.45) is 0. The van der Waals surface area contributed by atoms with E-state index < -0.39 is 10.9 Å². The van der Waals surface area contributed by atoms with Crippen LogP contribution in [0.15, 0.2) is 42.5 Å². The van der Waals surface area contributed by atoms with Crippen LogP contribution in [0.5, 0.6) is 5.75 Å². The Kier molecular flexibility index (Phi) is 4.89. The molecule has 116 valence electrons. The molecule has 0 radical (unpaired) electrons. The molecule has 0 amide bonds. The molecule has 2 aromatic carbocycles. The Labute approximate surface area is 131 Å². The van der Waals surface area contributed by atoms with Crippen molar-refractivity contribution in [1.82, 2.24) is 0 Å². The highest BCUT2D eigenvalue weighted by Gasteiger charge is 2.18. The molecule has 0 spiro atoms. The third-order valence-electron chi connectivity index (χ3n) is 3.06. The van der Waals surface area contributed by atoms with E-state index >= 15 is 0 Å². The molecule has 0 heterocycles. The zero-order valence-electron chi connectivity index (χ0n) is 12.2. The Balaban J connectivity index is 2.09. The first-order valence-corrected chi connectivity index (χ1v) is 6.53. The molecule has 0 bridgehead atoms. The van der Waals surface area contributed by atoms with E-state index in [0.29, 0.717) is 11.1 Å². The third kappa shape index (κ3) is 3.83. The van der Waals surface area contributed by atoms with Gasteiger partial charge in [-0.15, -0.1) is 0 Å². The van der Waals surface area contributed by atoms with Gasteiger partial charge in [0.05, 0.1) is 29.2 Å². The van der Waals surface area contributed by atoms with E-state index in [-0.39, 0.29) is 23.6 Å². The largest absolute Gasteiger partial charge is 0.490 e. The van der Waals surface area contributed by atoms with Crippen molar-refractivity contribution >= 4 is 11.7 Å². The second-order valence-electron chi connectivity index (χ2n) is 4.53. The summed E-state index contributed by atoms with van der Waals surface area (Å²) in [5.41, 5.74) is 0.970. The molecule has 2 aromatic rings. The number of nitrogens with zero attached hydrogens (tertiary/aromatic N) is 2. The fraction of sp³-hybridized carbons (Fsp3) is 0.125. The van der Waals surface area contributed by atoms with Gasteiger partial charge in [0.25, 0.3) is 0 Å². The molecular weight excluding hydrogens is 300 g/mol. The Morgan fingerprint density at radius 2 is 1.96 bits per heavy atom. The fourth-order valence-corrected chi connectivity index (χ4v) is 1.87. The van der Waals surface area contributed by atoms with Gasteiger partial charge < -0.3 is 9.47 Å². The molecule has 0 aromatic heterocycles. The molecule has 23 heavy (non-hydrogen) atoms. The molecule has 0 fully saturated rings. The zero-order valence-corrected chi connectivity index (χ0v) is 12.2. The van der Waals surface area contributed by atoms with E-state index in [0.717, 1.165) is 6.07 Å². The number of nitro benzene ring substituents is 1. The highest BCUT2D eigenvalue weighted by atomic mass is 16.6. The van der Waals surface area contributed by atoms with Crippen molar-refractivity contribution in [2.75, 3.05) is 7.11 Å². The summed E-state index contributed by atoms with van der Waals surface area (Å²) in [5, 5.41) is 19.7. The van der Waals surface area contributed by atoms with Crippen molar-refractivity contribution in [3.63, 3.8) is 0 Å². The number of rotatable bonds is 5. The van der Waals surface area contributed by atoms with E-state index in [4.69, 9.17) is 14.7 Å². The lowest BCUT2D eigenvalue weighted by molar-refractivity contribution is -0.385. The fourth-order valence-electron chi connectivity index (χ4n) is 1.87. The highest BCUT2D eigenvalue weighted by molar-refractivity contribution is 5.90. The third-order valence-corrected chi connectivity index (χ3v) is 3.06. The van der Waals surface area contributed by atoms with Gasteiger partial charge in [0, 0.05) is 6.07 Å². The molecule has 7 heteroatoms. The lowest BCUT2D eigenvalue weighted by Gasteiger charge is -2.06. The van der Waals surface area contributed by atoms with Crippen LogP contribution in [0.2, 0.25) is 0 Å². The minimum absolute atomic E-state index is 0.00433. The summed E-state index contributed by atoms with van der Waals surface area (Å²) in [6, 6.07) is 12.4. The van der Waals surface area contributed by atoms with Gasteiger partial charge in [-0.05, 0) is 29.8 Å². The molecule has 0 aliphatic rings. The van der Waals surface area contributed by atoms with E-state index in [1.807, 2.05) is 6.07 Å². The molecule has 0 saturated carbocycles. The second-order valence-corrected chi connectivity index (χ2v) is 4.53. The Morgan fingerprint density at radius 1 is 1.26 bits per heavy atom. The summed E-state index contributed by atoms with van der Waals surface area (Å²) in [7, 11) is 1.31. The molecule has 0 aliphatic carbocycles. The van der Waals surface area contributed by atoms with Gasteiger partial charge in [0.2, 0.25) is 0 Å². The average Bonchev–Trinajstić information content (AvgIpc) is 2.59. The van der Waals surface area contributed by atoms with Crippen LogP contribution in [0.4, 0.5) is 5.69 Å². The first-order valence-electron chi connectivity index (χ1n) is 6.53. The normalized spacial score (nSPS) is 9.74. The van der Waals surface area contributed by atoms with E-state index in [9.17, 15) is 14.9 Å². The maximum absolute atomic E-state index is 12.0. The lowest BCUT2D eigenvalue weighted by atomic mass is 10.1. The van der Waals surface area contributed by atoms with E-state index in [1.54, 1.807) is 24.3 Å². The van der Waals surface area contributed by atoms with Crippen LogP contribution in [-0.2, 0) is 11.3 Å². The van der Waals surface area contributed by atoms with Gasteiger partial charge in [0.1, 0.15) is 6.61 Å². The maximum atomic E-state index is 12.0. The van der Waals surface area contributed by atoms with E-state index in [1.165, 1.54) is 19.2 Å². The predicted molar refractivity (Wildman–Crippen MR) is 79.9 cm³/mol. The van der Waals surface area contributed by atoms with Crippen LogP contribution in [0.25, 0.3) is 0 Å². The maximum Gasteiger partial charge on any atom is 0.338 e. The van der Waals surface area contributed by atoms with Gasteiger partial charge in [-0.25, -0.2) is 4.79 Å². The predicted octanol–water partition coefficient (Wildman–Crippen LogP) is 2.83. The number of esters is 1. The monoisotopic (exact) mass is 312 g/mol. The number of nitro groups is 1. The van der Waals surface area contributed by atoms with Gasteiger partial charge in [-0.3, -0.25) is 10.1 Å². The minimum Gasteiger partial charge on any atom is -0.490 e. The summed E-state index contributed by atoms with van der Waals surface area (Å²) in [5.74, 6) is -0.612. The zero-order chi connectivity index (χ0) is 16.8. The number of ether oxygens (including phenoxy) is 2. The van der Waals surface area contributed by atoms with Crippen molar-refractivity contribution in [3.05, 3.63) is 69.3 Å². The van der Waals surface area contributed by atoms with Gasteiger partial charge in [-0.1, -0.05) is 12.1 Å². The molecule has 0 N–H and O–H groups in total. The topological polar surface area (TPSA) is 102 Å². The molecule has 7 nitrogen and oxygen atoms in total. The molecule has 0 saturated heterocycles. The molecular formula is C16H12N2O5. The van der Waals surface area contributed by atoms with Crippen LogP contribution in [0, 0.1) is 21.4 Å². The number of benzene rings is 2. The quantitative estimate of drug-likeness (QED) is 0.478. The smallest absolute Gasteiger partial charge is 0.338 e. The van der Waals surface area contributed by atoms with Crippen LogP contribution < -0.4 is 4.74 Å². The molecule has 2 rings (SSSR count). The number of methoxy groups -OCH3 is 1. The molecule has 0 atom stereocenters. The number of carbonyl (C=O) groups is 1. The number of hydrogen-bond acceptors (Lipinski definition) is 6. The van der Waals surface area contributed by atoms with Crippen LogP contribution in [0.1, 0.15) is 21.5 Å². The molecule has 0 aliphatic heterocycles. The van der Waals surface area contributed by atoms with Crippen LogP contribution >= 0.6 is 0 Å². The first-order chi connectivity index (χ1) is 11.0. The summed E-state index contributed by atoms with van der Waals surface area (Å²) >= 11 is 0. The van der Waals surface area contributed by atoms with Crippen LogP contribution in [-0.4, -0.2) is 18.0 Å². The summed E-state index contributed by atoms with van der Waals surface area (Å²) in [4.78, 5) is 22.3.